The van der Waals surface area contributed by atoms with E-state index in [9.17, 15) is 5.11 Å². The highest BCUT2D eigenvalue weighted by atomic mass is 16.3. The molecule has 0 saturated carbocycles. The molecular formula is C13H21N3O. The largest absolute Gasteiger partial charge is 0.396 e. The Morgan fingerprint density at radius 3 is 3.24 bits per heavy atom. The Bertz CT molecular complexity index is 356. The number of nitrogens with one attached hydrogen (secondary N) is 1. The van der Waals surface area contributed by atoms with Crippen LogP contribution in [0.4, 0.5) is 5.82 Å². The molecule has 0 radical (unpaired) electrons. The molecule has 2 rings (SSSR count). The summed E-state index contributed by atoms with van der Waals surface area (Å²) >= 11 is 0. The third-order valence-corrected chi connectivity index (χ3v) is 3.35. The van der Waals surface area contributed by atoms with Crippen LogP contribution in [0.1, 0.15) is 18.4 Å². The van der Waals surface area contributed by atoms with Gasteiger partial charge in [-0.2, -0.15) is 0 Å². The van der Waals surface area contributed by atoms with Crippen LogP contribution in [-0.2, 0) is 6.54 Å². The highest BCUT2D eigenvalue weighted by Crippen LogP contribution is 2.18. The fraction of sp³-hybridized carbons (Fsp3) is 0.615. The van der Waals surface area contributed by atoms with Crippen molar-refractivity contribution in [3.8, 4) is 0 Å². The normalized spacial score (nSPS) is 21.4. The maximum Gasteiger partial charge on any atom is 0.125 e. The highest BCUT2D eigenvalue weighted by molar-refractivity contribution is 5.36. The van der Waals surface area contributed by atoms with Gasteiger partial charge in [0.2, 0.25) is 0 Å². The molecule has 1 fully saturated rings. The maximum atomic E-state index is 9.21. The second kappa shape index (κ2) is 5.98. The number of nitrogens with zero attached hydrogens (tertiary/aromatic N) is 2. The number of likely N-dealkylation sites (tertiary alicyclic amines) is 1. The monoisotopic (exact) mass is 235 g/mol. The van der Waals surface area contributed by atoms with Crippen molar-refractivity contribution in [1.29, 1.82) is 0 Å². The van der Waals surface area contributed by atoms with Crippen LogP contribution in [0.3, 0.4) is 0 Å². The van der Waals surface area contributed by atoms with Crippen LogP contribution < -0.4 is 5.32 Å². The van der Waals surface area contributed by atoms with E-state index in [1.807, 2.05) is 13.2 Å². The quantitative estimate of drug-likeness (QED) is 0.826. The summed E-state index contributed by atoms with van der Waals surface area (Å²) in [5.41, 5.74) is 1.28. The average molecular weight is 235 g/mol. The summed E-state index contributed by atoms with van der Waals surface area (Å²) in [4.78, 5) is 6.63. The lowest BCUT2D eigenvalue weighted by molar-refractivity contribution is 0.116. The number of piperidine rings is 1. The third kappa shape index (κ3) is 3.41. The second-order valence-corrected chi connectivity index (χ2v) is 4.73. The molecule has 1 atom stereocenters. The van der Waals surface area contributed by atoms with Gasteiger partial charge in [-0.1, -0.05) is 0 Å². The van der Waals surface area contributed by atoms with Crippen molar-refractivity contribution in [2.45, 2.75) is 19.4 Å². The van der Waals surface area contributed by atoms with E-state index < -0.39 is 0 Å². The molecule has 1 aromatic heterocycles. The number of hydrogen-bond donors (Lipinski definition) is 2. The number of rotatable bonds is 4. The van der Waals surface area contributed by atoms with E-state index in [0.717, 1.165) is 31.9 Å². The van der Waals surface area contributed by atoms with Gasteiger partial charge >= 0.3 is 0 Å². The van der Waals surface area contributed by atoms with Crippen molar-refractivity contribution in [2.24, 2.45) is 5.92 Å². The maximum absolute atomic E-state index is 9.21. The Kier molecular flexibility index (Phi) is 4.34. The molecule has 1 aliphatic heterocycles. The number of anilines is 1. The van der Waals surface area contributed by atoms with E-state index in [1.54, 1.807) is 0 Å². The van der Waals surface area contributed by atoms with Gasteiger partial charge in [-0.05, 0) is 43.0 Å². The Balaban J connectivity index is 1.95. The summed E-state index contributed by atoms with van der Waals surface area (Å²) in [5, 5.41) is 12.3. The van der Waals surface area contributed by atoms with Gasteiger partial charge in [-0.3, -0.25) is 4.90 Å². The van der Waals surface area contributed by atoms with E-state index in [4.69, 9.17) is 0 Å². The van der Waals surface area contributed by atoms with Crippen LogP contribution in [0.2, 0.25) is 0 Å². The van der Waals surface area contributed by atoms with Crippen molar-refractivity contribution in [1.82, 2.24) is 9.88 Å². The molecule has 0 aliphatic carbocycles. The molecule has 4 heteroatoms. The van der Waals surface area contributed by atoms with Crippen molar-refractivity contribution in [2.75, 3.05) is 32.1 Å². The van der Waals surface area contributed by atoms with Crippen LogP contribution >= 0.6 is 0 Å². The van der Waals surface area contributed by atoms with Crippen molar-refractivity contribution in [3.05, 3.63) is 23.9 Å². The molecule has 94 valence electrons. The van der Waals surface area contributed by atoms with Crippen LogP contribution in [0.25, 0.3) is 0 Å². The number of aromatic nitrogens is 1. The van der Waals surface area contributed by atoms with E-state index in [1.165, 1.54) is 12.0 Å². The lowest BCUT2D eigenvalue weighted by atomic mass is 9.98. The Morgan fingerprint density at radius 1 is 1.59 bits per heavy atom. The standard InChI is InChI=1S/C13H21N3O/c1-14-13-7-11(4-5-15-13)8-16-6-2-3-12(9-16)10-17/h4-5,7,12,17H,2-3,6,8-10H2,1H3,(H,14,15). The summed E-state index contributed by atoms with van der Waals surface area (Å²) < 4.78 is 0. The van der Waals surface area contributed by atoms with E-state index in [0.29, 0.717) is 12.5 Å². The molecule has 2 N–H and O–H groups in total. The zero-order valence-corrected chi connectivity index (χ0v) is 10.4. The SMILES string of the molecule is CNc1cc(CN2CCCC(CO)C2)ccn1. The highest BCUT2D eigenvalue weighted by Gasteiger charge is 2.19. The van der Waals surface area contributed by atoms with Gasteiger partial charge in [-0.25, -0.2) is 4.98 Å². The van der Waals surface area contributed by atoms with Gasteiger partial charge < -0.3 is 10.4 Å². The first kappa shape index (κ1) is 12.3. The van der Waals surface area contributed by atoms with Gasteiger partial charge in [0.25, 0.3) is 0 Å². The van der Waals surface area contributed by atoms with Crippen molar-refractivity contribution >= 4 is 5.82 Å². The Morgan fingerprint density at radius 2 is 2.47 bits per heavy atom. The van der Waals surface area contributed by atoms with Gasteiger partial charge in [0.1, 0.15) is 5.82 Å². The lowest BCUT2D eigenvalue weighted by Gasteiger charge is -2.31. The molecule has 4 nitrogen and oxygen atoms in total. The smallest absolute Gasteiger partial charge is 0.125 e. The molecule has 1 saturated heterocycles. The molecule has 0 amide bonds. The Labute approximate surface area is 103 Å². The lowest BCUT2D eigenvalue weighted by Crippen LogP contribution is -2.36. The number of aliphatic hydroxyl groups excluding tert-OH is 1. The van der Waals surface area contributed by atoms with E-state index >= 15 is 0 Å². The predicted molar refractivity (Wildman–Crippen MR) is 68.9 cm³/mol. The molecular weight excluding hydrogens is 214 g/mol. The fourth-order valence-electron chi connectivity index (χ4n) is 2.41. The molecule has 1 aromatic rings. The minimum absolute atomic E-state index is 0.314. The minimum Gasteiger partial charge on any atom is -0.396 e. The summed E-state index contributed by atoms with van der Waals surface area (Å²) in [7, 11) is 1.88. The zero-order valence-electron chi connectivity index (χ0n) is 10.4. The molecule has 1 aliphatic rings. The van der Waals surface area contributed by atoms with Gasteiger partial charge in [-0.15, -0.1) is 0 Å². The summed E-state index contributed by atoms with van der Waals surface area (Å²) in [6.07, 6.45) is 4.19. The molecule has 17 heavy (non-hydrogen) atoms. The summed E-state index contributed by atoms with van der Waals surface area (Å²) in [5.74, 6) is 1.37. The molecule has 0 spiro atoms. The molecule has 0 aromatic carbocycles. The van der Waals surface area contributed by atoms with Crippen LogP contribution in [0, 0.1) is 5.92 Å². The first-order chi connectivity index (χ1) is 8.31. The first-order valence-corrected chi connectivity index (χ1v) is 6.27. The van der Waals surface area contributed by atoms with Crippen LogP contribution in [-0.4, -0.2) is 41.7 Å². The molecule has 2 heterocycles. The first-order valence-electron chi connectivity index (χ1n) is 6.27. The number of pyridine rings is 1. The average Bonchev–Trinajstić information content (AvgIpc) is 2.39. The third-order valence-electron chi connectivity index (χ3n) is 3.35. The number of hydrogen-bond acceptors (Lipinski definition) is 4. The zero-order chi connectivity index (χ0) is 12.1. The molecule has 1 unspecified atom stereocenters. The Hall–Kier alpha value is -1.13. The topological polar surface area (TPSA) is 48.4 Å². The van der Waals surface area contributed by atoms with Crippen molar-refractivity contribution in [3.63, 3.8) is 0 Å². The van der Waals surface area contributed by atoms with Gasteiger partial charge in [0, 0.05) is 32.9 Å². The fourth-order valence-corrected chi connectivity index (χ4v) is 2.41. The summed E-state index contributed by atoms with van der Waals surface area (Å²) in [6, 6.07) is 4.14. The van der Waals surface area contributed by atoms with E-state index in [2.05, 4.69) is 27.3 Å². The minimum atomic E-state index is 0.314. The predicted octanol–water partition coefficient (Wildman–Crippen LogP) is 1.33. The van der Waals surface area contributed by atoms with Gasteiger partial charge in [0.15, 0.2) is 0 Å². The van der Waals surface area contributed by atoms with E-state index in [-0.39, 0.29) is 0 Å². The number of aliphatic hydroxyl groups is 1. The summed E-state index contributed by atoms with van der Waals surface area (Å²) in [6.45, 7) is 3.41. The van der Waals surface area contributed by atoms with Gasteiger partial charge in [0.05, 0.1) is 0 Å². The van der Waals surface area contributed by atoms with Crippen LogP contribution in [0.5, 0.6) is 0 Å². The second-order valence-electron chi connectivity index (χ2n) is 4.73. The van der Waals surface area contributed by atoms with Crippen LogP contribution in [0.15, 0.2) is 18.3 Å². The van der Waals surface area contributed by atoms with Crippen molar-refractivity contribution < 1.29 is 5.11 Å². The molecule has 0 bridgehead atoms.